The first-order valence-electron chi connectivity index (χ1n) is 10.5. The maximum atomic E-state index is 12.9. The maximum absolute atomic E-state index is 12.9. The van der Waals surface area contributed by atoms with Gasteiger partial charge in [0, 0.05) is 30.2 Å². The molecule has 3 aromatic carbocycles. The maximum Gasteiger partial charge on any atom is 0.251 e. The Labute approximate surface area is 199 Å². The van der Waals surface area contributed by atoms with Crippen LogP contribution in [0.1, 0.15) is 34.5 Å². The summed E-state index contributed by atoms with van der Waals surface area (Å²) in [6, 6.07) is 19.8. The smallest absolute Gasteiger partial charge is 0.251 e. The number of carbonyl (C=O) groups is 1. The van der Waals surface area contributed by atoms with Crippen LogP contribution in [0.4, 0.5) is 0 Å². The highest BCUT2D eigenvalue weighted by Crippen LogP contribution is 2.22. The summed E-state index contributed by atoms with van der Waals surface area (Å²) in [5.74, 6) is -0.272. The molecule has 0 radical (unpaired) electrons. The predicted octanol–water partition coefficient (Wildman–Crippen LogP) is 3.79. The second-order valence-corrected chi connectivity index (χ2v) is 10.2. The van der Waals surface area contributed by atoms with E-state index >= 15 is 0 Å². The van der Waals surface area contributed by atoms with Gasteiger partial charge in [0.2, 0.25) is 9.84 Å². The average Bonchev–Trinajstić information content (AvgIpc) is 2.82. The van der Waals surface area contributed by atoms with Gasteiger partial charge < -0.3 is 15.7 Å². The average molecular weight is 487 g/mol. The minimum absolute atomic E-state index is 0.0681. The molecule has 0 unspecified atom stereocenters. The summed E-state index contributed by atoms with van der Waals surface area (Å²) < 4.78 is 25.8. The Bertz CT molecular complexity index is 1200. The Morgan fingerprint density at radius 1 is 1.00 bits per heavy atom. The third-order valence-electron chi connectivity index (χ3n) is 5.32. The summed E-state index contributed by atoms with van der Waals surface area (Å²) >= 11 is 5.98. The van der Waals surface area contributed by atoms with E-state index in [9.17, 15) is 18.3 Å². The normalized spacial score (nSPS) is 13.3. The number of halogens is 1. The van der Waals surface area contributed by atoms with Crippen molar-refractivity contribution in [1.82, 2.24) is 10.6 Å². The molecule has 0 heterocycles. The highest BCUT2D eigenvalue weighted by atomic mass is 35.5. The highest BCUT2D eigenvalue weighted by molar-refractivity contribution is 7.91. The second kappa shape index (κ2) is 10.9. The first-order chi connectivity index (χ1) is 15.7. The lowest BCUT2D eigenvalue weighted by Gasteiger charge is -2.18. The highest BCUT2D eigenvalue weighted by Gasteiger charge is 2.18. The van der Waals surface area contributed by atoms with Gasteiger partial charge in [0.15, 0.2) is 0 Å². The van der Waals surface area contributed by atoms with Crippen molar-refractivity contribution in [1.29, 1.82) is 0 Å². The Kier molecular flexibility index (Phi) is 8.26. The lowest BCUT2D eigenvalue weighted by molar-refractivity contribution is 0.0963. The molecule has 0 aliphatic heterocycles. The number of aliphatic hydroxyl groups is 1. The van der Waals surface area contributed by atoms with E-state index in [1.807, 2.05) is 13.0 Å². The standard InChI is InChI=1S/C25H27ClN2O4S/c1-17(28-16-24(29)20-4-3-5-21(26)15-20)14-18-6-10-22(11-7-18)33(31,32)23-12-8-19(9-13-23)25(30)27-2/h3-13,15,17,24,28-29H,14,16H2,1-2H3,(H,27,30)/t17-,24+/m1/s1. The third kappa shape index (κ3) is 6.42. The fourth-order valence-electron chi connectivity index (χ4n) is 3.44. The Morgan fingerprint density at radius 2 is 1.61 bits per heavy atom. The summed E-state index contributed by atoms with van der Waals surface area (Å²) in [5, 5.41) is 16.7. The Balaban J connectivity index is 1.60. The molecule has 3 rings (SSSR count). The number of rotatable bonds is 9. The number of aliphatic hydroxyl groups excluding tert-OH is 1. The largest absolute Gasteiger partial charge is 0.387 e. The quantitative estimate of drug-likeness (QED) is 0.427. The molecule has 2 atom stereocenters. The van der Waals surface area contributed by atoms with Gasteiger partial charge in [-0.25, -0.2) is 8.42 Å². The molecule has 3 aromatic rings. The number of amides is 1. The van der Waals surface area contributed by atoms with Crippen molar-refractivity contribution < 1.29 is 18.3 Å². The minimum Gasteiger partial charge on any atom is -0.387 e. The van der Waals surface area contributed by atoms with Crippen molar-refractivity contribution in [2.45, 2.75) is 35.3 Å². The van der Waals surface area contributed by atoms with Crippen LogP contribution in [0.2, 0.25) is 5.02 Å². The van der Waals surface area contributed by atoms with Gasteiger partial charge in [-0.2, -0.15) is 0 Å². The van der Waals surface area contributed by atoms with E-state index in [0.717, 1.165) is 11.1 Å². The lowest BCUT2D eigenvalue weighted by atomic mass is 10.1. The van der Waals surface area contributed by atoms with E-state index in [1.54, 1.807) is 42.5 Å². The molecule has 0 spiro atoms. The van der Waals surface area contributed by atoms with Crippen LogP contribution < -0.4 is 10.6 Å². The molecule has 0 bridgehead atoms. The topological polar surface area (TPSA) is 95.5 Å². The molecule has 0 saturated carbocycles. The second-order valence-electron chi connectivity index (χ2n) is 7.84. The molecule has 0 aliphatic rings. The summed E-state index contributed by atoms with van der Waals surface area (Å²) in [6.07, 6.45) is -0.00266. The van der Waals surface area contributed by atoms with Gasteiger partial charge in [0.25, 0.3) is 5.91 Å². The van der Waals surface area contributed by atoms with E-state index in [0.29, 0.717) is 23.6 Å². The van der Waals surface area contributed by atoms with E-state index in [1.165, 1.54) is 31.3 Å². The van der Waals surface area contributed by atoms with E-state index in [-0.39, 0.29) is 21.7 Å². The van der Waals surface area contributed by atoms with Crippen molar-refractivity contribution in [2.75, 3.05) is 13.6 Å². The van der Waals surface area contributed by atoms with Gasteiger partial charge in [-0.1, -0.05) is 35.9 Å². The summed E-state index contributed by atoms with van der Waals surface area (Å²) in [7, 11) is -2.16. The number of benzene rings is 3. The molecule has 1 amide bonds. The Hall–Kier alpha value is -2.71. The fourth-order valence-corrected chi connectivity index (χ4v) is 4.90. The minimum atomic E-state index is -3.68. The number of sulfone groups is 1. The van der Waals surface area contributed by atoms with Gasteiger partial charge in [-0.15, -0.1) is 0 Å². The molecule has 0 aliphatic carbocycles. The molecular formula is C25H27ClN2O4S. The third-order valence-corrected chi connectivity index (χ3v) is 7.34. The summed E-state index contributed by atoms with van der Waals surface area (Å²) in [4.78, 5) is 12.0. The van der Waals surface area contributed by atoms with Crippen LogP contribution in [0.25, 0.3) is 0 Å². The first-order valence-corrected chi connectivity index (χ1v) is 12.4. The summed E-state index contributed by atoms with van der Waals surface area (Å²) in [5.41, 5.74) is 2.12. The molecule has 3 N–H and O–H groups in total. The zero-order valence-electron chi connectivity index (χ0n) is 18.5. The van der Waals surface area contributed by atoms with E-state index < -0.39 is 15.9 Å². The van der Waals surface area contributed by atoms with E-state index in [4.69, 9.17) is 11.6 Å². The van der Waals surface area contributed by atoms with Crippen molar-refractivity contribution in [2.24, 2.45) is 0 Å². The molecule has 6 nitrogen and oxygen atoms in total. The van der Waals surface area contributed by atoms with Gasteiger partial charge in [-0.3, -0.25) is 4.79 Å². The summed E-state index contributed by atoms with van der Waals surface area (Å²) in [6.45, 7) is 2.38. The molecule has 0 aromatic heterocycles. The lowest BCUT2D eigenvalue weighted by Crippen LogP contribution is -2.32. The van der Waals surface area contributed by atoms with Gasteiger partial charge in [0.1, 0.15) is 0 Å². The monoisotopic (exact) mass is 486 g/mol. The molecule has 0 saturated heterocycles. The van der Waals surface area contributed by atoms with Crippen molar-refractivity contribution in [3.8, 4) is 0 Å². The predicted molar refractivity (Wildman–Crippen MR) is 129 cm³/mol. The van der Waals surface area contributed by atoms with Crippen molar-refractivity contribution >= 4 is 27.3 Å². The van der Waals surface area contributed by atoms with E-state index in [2.05, 4.69) is 10.6 Å². The van der Waals surface area contributed by atoms with Crippen LogP contribution in [0, 0.1) is 0 Å². The van der Waals surface area contributed by atoms with Crippen LogP contribution in [0.3, 0.4) is 0 Å². The zero-order valence-corrected chi connectivity index (χ0v) is 20.0. The number of hydrogen-bond donors (Lipinski definition) is 3. The van der Waals surface area contributed by atoms with Gasteiger partial charge in [-0.05, 0) is 73.0 Å². The van der Waals surface area contributed by atoms with Crippen LogP contribution in [-0.4, -0.2) is 39.1 Å². The zero-order chi connectivity index (χ0) is 24.0. The SMILES string of the molecule is CNC(=O)c1ccc(S(=O)(=O)c2ccc(C[C@@H](C)NC[C@H](O)c3cccc(Cl)c3)cc2)cc1. The molecular weight excluding hydrogens is 460 g/mol. The van der Waals surface area contributed by atoms with Crippen LogP contribution in [0.15, 0.2) is 82.6 Å². The fraction of sp³-hybridized carbons (Fsp3) is 0.240. The van der Waals surface area contributed by atoms with Crippen LogP contribution >= 0.6 is 11.6 Å². The number of carbonyl (C=O) groups excluding carboxylic acids is 1. The van der Waals surface area contributed by atoms with Crippen molar-refractivity contribution in [3.63, 3.8) is 0 Å². The number of nitrogens with one attached hydrogen (secondary N) is 2. The molecule has 0 fully saturated rings. The van der Waals surface area contributed by atoms with Gasteiger partial charge in [0.05, 0.1) is 15.9 Å². The number of hydrogen-bond acceptors (Lipinski definition) is 5. The van der Waals surface area contributed by atoms with Crippen LogP contribution in [0.5, 0.6) is 0 Å². The Morgan fingerprint density at radius 3 is 2.18 bits per heavy atom. The molecule has 8 heteroatoms. The molecule has 174 valence electrons. The van der Waals surface area contributed by atoms with Gasteiger partial charge >= 0.3 is 0 Å². The first kappa shape index (κ1) is 24.9. The van der Waals surface area contributed by atoms with Crippen molar-refractivity contribution in [3.05, 3.63) is 94.5 Å². The van der Waals surface area contributed by atoms with Crippen LogP contribution in [-0.2, 0) is 16.3 Å². The molecule has 33 heavy (non-hydrogen) atoms.